The number of anilines is 1. The Kier molecular flexibility index (Phi) is 5.00. The molecule has 1 aliphatic heterocycles. The molecule has 7 nitrogen and oxygen atoms in total. The molecule has 2 aromatic rings. The molecule has 0 spiro atoms. The van der Waals surface area contributed by atoms with E-state index < -0.39 is 0 Å². The maximum absolute atomic E-state index is 12.3. The Morgan fingerprint density at radius 1 is 1.38 bits per heavy atom. The number of para-hydroxylation sites is 2. The predicted molar refractivity (Wildman–Crippen MR) is 88.3 cm³/mol. The van der Waals surface area contributed by atoms with Crippen LogP contribution in [0.15, 0.2) is 34.9 Å². The number of nitrogens with zero attached hydrogens (tertiary/aromatic N) is 1. The summed E-state index contributed by atoms with van der Waals surface area (Å²) in [6.07, 6.45) is 0.503. The van der Waals surface area contributed by atoms with Gasteiger partial charge in [0.2, 0.25) is 5.91 Å². The van der Waals surface area contributed by atoms with Crippen LogP contribution in [0.5, 0.6) is 11.5 Å². The van der Waals surface area contributed by atoms with Gasteiger partial charge < -0.3 is 24.6 Å². The second-order valence-electron chi connectivity index (χ2n) is 5.68. The van der Waals surface area contributed by atoms with E-state index in [1.165, 1.54) is 0 Å². The van der Waals surface area contributed by atoms with E-state index in [1.54, 1.807) is 13.0 Å². The van der Waals surface area contributed by atoms with Gasteiger partial charge in [-0.2, -0.15) is 0 Å². The number of fused-ring (bicyclic) bond motifs is 1. The molecule has 0 fully saturated rings. The first-order valence-corrected chi connectivity index (χ1v) is 8.01. The molecular weight excluding hydrogens is 310 g/mol. The smallest absolute Gasteiger partial charge is 0.242 e. The number of amides is 1. The molecule has 2 N–H and O–H groups in total. The van der Waals surface area contributed by atoms with Crippen molar-refractivity contribution in [1.82, 2.24) is 10.5 Å². The first-order chi connectivity index (χ1) is 11.7. The highest BCUT2D eigenvalue weighted by molar-refractivity contribution is 5.93. The molecular formula is C17H21N3O4. The second-order valence-corrected chi connectivity index (χ2v) is 5.68. The molecule has 2 unspecified atom stereocenters. The maximum Gasteiger partial charge on any atom is 0.242 e. The predicted octanol–water partition coefficient (Wildman–Crippen LogP) is 2.13. The van der Waals surface area contributed by atoms with Crippen LogP contribution in [0.2, 0.25) is 0 Å². The minimum Gasteiger partial charge on any atom is -0.486 e. The monoisotopic (exact) mass is 331 g/mol. The van der Waals surface area contributed by atoms with Crippen LogP contribution in [-0.4, -0.2) is 36.4 Å². The number of benzene rings is 1. The maximum atomic E-state index is 12.3. The van der Waals surface area contributed by atoms with Gasteiger partial charge in [-0.3, -0.25) is 4.79 Å². The molecule has 0 aliphatic carbocycles. The summed E-state index contributed by atoms with van der Waals surface area (Å²) in [7, 11) is 0. The van der Waals surface area contributed by atoms with Gasteiger partial charge in [0.1, 0.15) is 18.5 Å². The number of aryl methyl sites for hydroxylation is 1. The van der Waals surface area contributed by atoms with E-state index in [2.05, 4.69) is 15.8 Å². The lowest BCUT2D eigenvalue weighted by molar-refractivity contribution is -0.118. The van der Waals surface area contributed by atoms with Gasteiger partial charge in [-0.15, -0.1) is 0 Å². The van der Waals surface area contributed by atoms with Gasteiger partial charge in [-0.1, -0.05) is 24.2 Å². The van der Waals surface area contributed by atoms with Crippen LogP contribution < -0.4 is 20.1 Å². The fraction of sp³-hybridized carbons (Fsp3) is 0.412. The molecule has 2 atom stereocenters. The number of nitrogens with one attached hydrogen (secondary N) is 2. The number of ether oxygens (including phenoxy) is 2. The molecule has 1 aromatic heterocycles. The molecule has 0 saturated heterocycles. The van der Waals surface area contributed by atoms with Crippen molar-refractivity contribution < 1.29 is 18.8 Å². The molecule has 2 heterocycles. The van der Waals surface area contributed by atoms with Crippen LogP contribution in [0.4, 0.5) is 5.82 Å². The van der Waals surface area contributed by atoms with Gasteiger partial charge in [-0.25, -0.2) is 0 Å². The van der Waals surface area contributed by atoms with Gasteiger partial charge >= 0.3 is 0 Å². The van der Waals surface area contributed by atoms with E-state index in [-0.39, 0.29) is 18.1 Å². The van der Waals surface area contributed by atoms with Crippen molar-refractivity contribution in [2.24, 2.45) is 0 Å². The average molecular weight is 331 g/mol. The lowest BCUT2D eigenvalue weighted by Gasteiger charge is -2.27. The summed E-state index contributed by atoms with van der Waals surface area (Å²) in [5, 5.41) is 9.73. The van der Waals surface area contributed by atoms with Crippen LogP contribution in [0.3, 0.4) is 0 Å². The van der Waals surface area contributed by atoms with E-state index in [9.17, 15) is 4.79 Å². The van der Waals surface area contributed by atoms with Crippen molar-refractivity contribution in [3.63, 3.8) is 0 Å². The number of carbonyl (C=O) groups excluding carboxylic acids is 1. The van der Waals surface area contributed by atoms with Gasteiger partial charge in [0.15, 0.2) is 17.3 Å². The Morgan fingerprint density at radius 3 is 2.88 bits per heavy atom. The second kappa shape index (κ2) is 7.35. The molecule has 0 radical (unpaired) electrons. The zero-order valence-corrected chi connectivity index (χ0v) is 13.7. The summed E-state index contributed by atoms with van der Waals surface area (Å²) in [6, 6.07) is 8.89. The van der Waals surface area contributed by atoms with Crippen molar-refractivity contribution in [2.45, 2.75) is 32.4 Å². The van der Waals surface area contributed by atoms with Gasteiger partial charge in [0.25, 0.3) is 0 Å². The van der Waals surface area contributed by atoms with E-state index in [0.29, 0.717) is 31.2 Å². The summed E-state index contributed by atoms with van der Waals surface area (Å²) in [5.74, 6) is 2.40. The third-order valence-corrected chi connectivity index (χ3v) is 3.76. The minimum absolute atomic E-state index is 0.143. The van der Waals surface area contributed by atoms with E-state index in [0.717, 1.165) is 11.5 Å². The largest absolute Gasteiger partial charge is 0.486 e. The summed E-state index contributed by atoms with van der Waals surface area (Å²) in [6.45, 7) is 4.68. The highest BCUT2D eigenvalue weighted by Gasteiger charge is 2.23. The zero-order valence-electron chi connectivity index (χ0n) is 13.7. The Labute approximate surface area is 140 Å². The number of hydrogen-bond donors (Lipinski definition) is 2. The van der Waals surface area contributed by atoms with E-state index in [4.69, 9.17) is 14.0 Å². The van der Waals surface area contributed by atoms with E-state index in [1.807, 2.05) is 31.2 Å². The van der Waals surface area contributed by atoms with Crippen molar-refractivity contribution in [1.29, 1.82) is 0 Å². The number of carbonyl (C=O) groups is 1. The van der Waals surface area contributed by atoms with Gasteiger partial charge in [0.05, 0.1) is 6.04 Å². The fourth-order valence-electron chi connectivity index (χ4n) is 2.50. The SMILES string of the molecule is CCC(NCC1COc2ccccc2O1)C(=O)Nc1cc(C)on1. The molecule has 1 amide bonds. The summed E-state index contributed by atoms with van der Waals surface area (Å²) < 4.78 is 16.5. The molecule has 1 aliphatic rings. The topological polar surface area (TPSA) is 85.6 Å². The average Bonchev–Trinajstić information content (AvgIpc) is 3.00. The third kappa shape index (κ3) is 3.86. The van der Waals surface area contributed by atoms with Crippen molar-refractivity contribution in [3.05, 3.63) is 36.1 Å². The molecule has 24 heavy (non-hydrogen) atoms. The number of rotatable bonds is 6. The van der Waals surface area contributed by atoms with Crippen LogP contribution in [0, 0.1) is 6.92 Å². The lowest BCUT2D eigenvalue weighted by atomic mass is 10.2. The van der Waals surface area contributed by atoms with E-state index >= 15 is 0 Å². The first kappa shape index (κ1) is 16.3. The summed E-state index contributed by atoms with van der Waals surface area (Å²) in [5.41, 5.74) is 0. The highest BCUT2D eigenvalue weighted by atomic mass is 16.6. The van der Waals surface area contributed by atoms with Gasteiger partial charge in [-0.05, 0) is 25.5 Å². The highest BCUT2D eigenvalue weighted by Crippen LogP contribution is 2.30. The van der Waals surface area contributed by atoms with Crippen LogP contribution in [0.1, 0.15) is 19.1 Å². The zero-order chi connectivity index (χ0) is 16.9. The molecule has 7 heteroatoms. The molecule has 1 aromatic carbocycles. The minimum atomic E-state index is -0.345. The van der Waals surface area contributed by atoms with Crippen LogP contribution in [-0.2, 0) is 4.79 Å². The molecule has 3 rings (SSSR count). The van der Waals surface area contributed by atoms with Crippen LogP contribution in [0.25, 0.3) is 0 Å². The Balaban J connectivity index is 1.52. The molecule has 0 bridgehead atoms. The molecule has 128 valence electrons. The Hall–Kier alpha value is -2.54. The van der Waals surface area contributed by atoms with Crippen molar-refractivity contribution >= 4 is 11.7 Å². The van der Waals surface area contributed by atoms with Gasteiger partial charge in [0, 0.05) is 12.6 Å². The Morgan fingerprint density at radius 2 is 2.17 bits per heavy atom. The lowest BCUT2D eigenvalue weighted by Crippen LogP contribution is -2.46. The number of hydrogen-bond acceptors (Lipinski definition) is 6. The van der Waals surface area contributed by atoms with Crippen LogP contribution >= 0.6 is 0 Å². The number of aromatic nitrogens is 1. The Bertz CT molecular complexity index is 701. The fourth-order valence-corrected chi connectivity index (χ4v) is 2.50. The molecule has 0 saturated carbocycles. The normalized spacial score (nSPS) is 17.3. The van der Waals surface area contributed by atoms with Crippen molar-refractivity contribution in [2.75, 3.05) is 18.5 Å². The first-order valence-electron chi connectivity index (χ1n) is 8.01. The standard InChI is InChI=1S/C17H21N3O4/c1-3-13(17(21)19-16-8-11(2)24-20-16)18-9-12-10-22-14-6-4-5-7-15(14)23-12/h4-8,12-13,18H,3,9-10H2,1-2H3,(H,19,20,21). The summed E-state index contributed by atoms with van der Waals surface area (Å²) in [4.78, 5) is 12.3. The van der Waals surface area contributed by atoms with Crippen molar-refractivity contribution in [3.8, 4) is 11.5 Å². The quantitative estimate of drug-likeness (QED) is 0.843. The summed E-state index contributed by atoms with van der Waals surface area (Å²) >= 11 is 0. The third-order valence-electron chi connectivity index (χ3n) is 3.76.